The predicted octanol–water partition coefficient (Wildman–Crippen LogP) is 4.28. The Kier molecular flexibility index (Phi) is 3.78. The number of hydrogen-bond acceptors (Lipinski definition) is 3. The molecular weight excluding hydrogens is 240 g/mol. The normalized spacial score (nSPS) is 21.9. The van der Waals surface area contributed by atoms with E-state index in [9.17, 15) is 10.1 Å². The van der Waals surface area contributed by atoms with E-state index in [4.69, 9.17) is 0 Å². The van der Waals surface area contributed by atoms with E-state index in [-0.39, 0.29) is 16.0 Å². The van der Waals surface area contributed by atoms with E-state index in [1.807, 2.05) is 12.1 Å². The molecule has 1 atom stereocenters. The van der Waals surface area contributed by atoms with Gasteiger partial charge in [0.1, 0.15) is 0 Å². The molecule has 1 N–H and O–H groups in total. The van der Waals surface area contributed by atoms with Crippen molar-refractivity contribution in [3.8, 4) is 0 Å². The lowest BCUT2D eigenvalue weighted by Crippen LogP contribution is -2.38. The van der Waals surface area contributed by atoms with Crippen LogP contribution in [-0.2, 0) is 0 Å². The summed E-state index contributed by atoms with van der Waals surface area (Å²) in [7, 11) is 0. The molecule has 2 rings (SSSR count). The molecule has 1 fully saturated rings. The Balaban J connectivity index is 2.15. The molecule has 1 aromatic rings. The van der Waals surface area contributed by atoms with E-state index in [2.05, 4.69) is 19.2 Å². The standard InChI is InChI=1S/C15H22N2O2/c1-11-10-12(7-8-13(11)17(18)19)16-14-6-4-5-9-15(14,2)3/h7-8,10,14,16H,4-6,9H2,1-3H3. The monoisotopic (exact) mass is 262 g/mol. The van der Waals surface area contributed by atoms with Crippen LogP contribution in [0.25, 0.3) is 0 Å². The van der Waals surface area contributed by atoms with Crippen molar-refractivity contribution in [3.05, 3.63) is 33.9 Å². The Labute approximate surface area is 114 Å². The van der Waals surface area contributed by atoms with Crippen LogP contribution in [0.2, 0.25) is 0 Å². The van der Waals surface area contributed by atoms with E-state index >= 15 is 0 Å². The third kappa shape index (κ3) is 3.06. The van der Waals surface area contributed by atoms with Crippen LogP contribution in [0.1, 0.15) is 45.1 Å². The van der Waals surface area contributed by atoms with Crippen LogP contribution in [0, 0.1) is 22.5 Å². The highest BCUT2D eigenvalue weighted by Gasteiger charge is 2.32. The Morgan fingerprint density at radius 2 is 2.11 bits per heavy atom. The lowest BCUT2D eigenvalue weighted by atomic mass is 9.73. The maximum absolute atomic E-state index is 10.8. The first-order chi connectivity index (χ1) is 8.90. The number of nitrogens with one attached hydrogen (secondary N) is 1. The summed E-state index contributed by atoms with van der Waals surface area (Å²) in [4.78, 5) is 10.5. The lowest BCUT2D eigenvalue weighted by Gasteiger charge is -2.39. The molecule has 104 valence electrons. The van der Waals surface area contributed by atoms with Crippen molar-refractivity contribution in [2.45, 2.75) is 52.5 Å². The number of hydrogen-bond donors (Lipinski definition) is 1. The number of rotatable bonds is 3. The predicted molar refractivity (Wildman–Crippen MR) is 77.5 cm³/mol. The molecule has 0 aliphatic heterocycles. The summed E-state index contributed by atoms with van der Waals surface area (Å²) in [6.45, 7) is 6.37. The van der Waals surface area contributed by atoms with Crippen molar-refractivity contribution >= 4 is 11.4 Å². The fourth-order valence-electron chi connectivity index (χ4n) is 2.91. The summed E-state index contributed by atoms with van der Waals surface area (Å²) < 4.78 is 0. The summed E-state index contributed by atoms with van der Waals surface area (Å²) >= 11 is 0. The highest BCUT2D eigenvalue weighted by atomic mass is 16.6. The largest absolute Gasteiger partial charge is 0.382 e. The summed E-state index contributed by atoms with van der Waals surface area (Å²) in [5, 5.41) is 14.4. The van der Waals surface area contributed by atoms with Gasteiger partial charge in [-0.1, -0.05) is 26.7 Å². The van der Waals surface area contributed by atoms with Crippen LogP contribution in [0.3, 0.4) is 0 Å². The van der Waals surface area contributed by atoms with Crippen LogP contribution in [0.15, 0.2) is 18.2 Å². The minimum atomic E-state index is -0.330. The van der Waals surface area contributed by atoms with Crippen molar-refractivity contribution in [2.75, 3.05) is 5.32 Å². The van der Waals surface area contributed by atoms with Gasteiger partial charge < -0.3 is 5.32 Å². The fraction of sp³-hybridized carbons (Fsp3) is 0.600. The first-order valence-electron chi connectivity index (χ1n) is 6.92. The van der Waals surface area contributed by atoms with Crippen LogP contribution >= 0.6 is 0 Å². The molecule has 0 saturated heterocycles. The van der Waals surface area contributed by atoms with Crippen molar-refractivity contribution in [3.63, 3.8) is 0 Å². The van der Waals surface area contributed by atoms with Gasteiger partial charge in [0, 0.05) is 23.4 Å². The third-order valence-electron chi connectivity index (χ3n) is 4.24. The van der Waals surface area contributed by atoms with Crippen LogP contribution < -0.4 is 5.32 Å². The molecule has 1 saturated carbocycles. The minimum Gasteiger partial charge on any atom is -0.382 e. The van der Waals surface area contributed by atoms with Gasteiger partial charge in [-0.15, -0.1) is 0 Å². The number of nitrogens with zero attached hydrogens (tertiary/aromatic N) is 1. The second-order valence-electron chi connectivity index (χ2n) is 6.19. The van der Waals surface area contributed by atoms with E-state index in [1.54, 1.807) is 13.0 Å². The van der Waals surface area contributed by atoms with Gasteiger partial charge in [0.2, 0.25) is 0 Å². The van der Waals surface area contributed by atoms with E-state index in [0.29, 0.717) is 11.6 Å². The zero-order valence-electron chi connectivity index (χ0n) is 11.9. The number of aryl methyl sites for hydroxylation is 1. The molecule has 0 bridgehead atoms. The third-order valence-corrected chi connectivity index (χ3v) is 4.24. The number of anilines is 1. The van der Waals surface area contributed by atoms with Crippen molar-refractivity contribution in [1.29, 1.82) is 0 Å². The Bertz CT molecular complexity index is 483. The average molecular weight is 262 g/mol. The van der Waals surface area contributed by atoms with Crippen LogP contribution in [0.5, 0.6) is 0 Å². The van der Waals surface area contributed by atoms with Gasteiger partial charge in [0.25, 0.3) is 5.69 Å². The molecule has 0 amide bonds. The molecule has 1 unspecified atom stereocenters. The van der Waals surface area contributed by atoms with Crippen molar-refractivity contribution in [1.82, 2.24) is 0 Å². The average Bonchev–Trinajstić information content (AvgIpc) is 2.31. The molecule has 0 radical (unpaired) electrons. The van der Waals surface area contributed by atoms with Gasteiger partial charge in [-0.3, -0.25) is 10.1 Å². The van der Waals surface area contributed by atoms with Gasteiger partial charge >= 0.3 is 0 Å². The quantitative estimate of drug-likeness (QED) is 0.653. The van der Waals surface area contributed by atoms with Gasteiger partial charge in [-0.2, -0.15) is 0 Å². The molecule has 1 aliphatic carbocycles. The SMILES string of the molecule is Cc1cc(NC2CCCCC2(C)C)ccc1[N+](=O)[O-]. The van der Waals surface area contributed by atoms with E-state index < -0.39 is 0 Å². The molecular formula is C15H22N2O2. The molecule has 1 aromatic carbocycles. The zero-order valence-corrected chi connectivity index (χ0v) is 11.9. The summed E-state index contributed by atoms with van der Waals surface area (Å²) in [5.41, 5.74) is 2.17. The number of nitro groups is 1. The molecule has 4 heteroatoms. The summed E-state index contributed by atoms with van der Waals surface area (Å²) in [5.74, 6) is 0. The maximum atomic E-state index is 10.8. The zero-order chi connectivity index (χ0) is 14.0. The van der Waals surface area contributed by atoms with E-state index in [0.717, 1.165) is 5.69 Å². The fourth-order valence-corrected chi connectivity index (χ4v) is 2.91. The molecule has 19 heavy (non-hydrogen) atoms. The molecule has 0 spiro atoms. The Hall–Kier alpha value is -1.58. The highest BCUT2D eigenvalue weighted by Crippen LogP contribution is 2.37. The minimum absolute atomic E-state index is 0.188. The number of benzene rings is 1. The van der Waals surface area contributed by atoms with Gasteiger partial charge in [-0.25, -0.2) is 0 Å². The summed E-state index contributed by atoms with van der Waals surface area (Å²) in [6.07, 6.45) is 4.96. The highest BCUT2D eigenvalue weighted by molar-refractivity contribution is 5.54. The lowest BCUT2D eigenvalue weighted by molar-refractivity contribution is -0.385. The molecule has 0 aromatic heterocycles. The second-order valence-corrected chi connectivity index (χ2v) is 6.19. The Morgan fingerprint density at radius 1 is 1.37 bits per heavy atom. The molecule has 1 aliphatic rings. The smallest absolute Gasteiger partial charge is 0.272 e. The van der Waals surface area contributed by atoms with Gasteiger partial charge in [-0.05, 0) is 37.3 Å². The van der Waals surface area contributed by atoms with Crippen molar-refractivity contribution < 1.29 is 4.92 Å². The summed E-state index contributed by atoms with van der Waals surface area (Å²) in [6, 6.07) is 5.73. The molecule has 4 nitrogen and oxygen atoms in total. The first kappa shape index (κ1) is 13.8. The Morgan fingerprint density at radius 3 is 2.68 bits per heavy atom. The van der Waals surface area contributed by atoms with Crippen molar-refractivity contribution in [2.24, 2.45) is 5.41 Å². The van der Waals surface area contributed by atoms with Gasteiger partial charge in [0.15, 0.2) is 0 Å². The molecule has 0 heterocycles. The second kappa shape index (κ2) is 5.19. The van der Waals surface area contributed by atoms with Crippen LogP contribution in [-0.4, -0.2) is 11.0 Å². The van der Waals surface area contributed by atoms with Gasteiger partial charge in [0.05, 0.1) is 4.92 Å². The maximum Gasteiger partial charge on any atom is 0.272 e. The van der Waals surface area contributed by atoms with E-state index in [1.165, 1.54) is 25.7 Å². The van der Waals surface area contributed by atoms with Crippen LogP contribution in [0.4, 0.5) is 11.4 Å². The first-order valence-corrected chi connectivity index (χ1v) is 6.92. The topological polar surface area (TPSA) is 55.2 Å². The number of nitro benzene ring substituents is 1.